The Morgan fingerprint density at radius 3 is 3.00 bits per heavy atom. The number of pyridine rings is 1. The largest absolute Gasteiger partial charge is 0.293 e. The van der Waals surface area contributed by atoms with Crippen LogP contribution >= 0.6 is 0 Å². The predicted molar refractivity (Wildman–Crippen MR) is 43.3 cm³/mol. The third-order valence-electron chi connectivity index (χ3n) is 1.27. The smallest absolute Gasteiger partial charge is 0.274 e. The highest BCUT2D eigenvalue weighted by atomic mass is 19.1. The van der Waals surface area contributed by atoms with E-state index in [1.54, 1.807) is 6.92 Å². The topological polar surface area (TPSA) is 51.2 Å². The Labute approximate surface area is 74.7 Å². The van der Waals surface area contributed by atoms with Crippen molar-refractivity contribution in [3.63, 3.8) is 0 Å². The van der Waals surface area contributed by atoms with Crippen molar-refractivity contribution in [2.24, 2.45) is 0 Å². The minimum atomic E-state index is -0.484. The van der Waals surface area contributed by atoms with Crippen molar-refractivity contribution in [1.82, 2.24) is 10.5 Å². The highest BCUT2D eigenvalue weighted by molar-refractivity contribution is 5.91. The zero-order valence-corrected chi connectivity index (χ0v) is 7.08. The SMILES string of the molecule is CCONC(=O)c1ccc(F)cn1. The summed E-state index contributed by atoms with van der Waals surface area (Å²) in [4.78, 5) is 19.3. The molecule has 0 bridgehead atoms. The van der Waals surface area contributed by atoms with E-state index in [9.17, 15) is 9.18 Å². The van der Waals surface area contributed by atoms with Gasteiger partial charge in [-0.1, -0.05) is 0 Å². The molecule has 1 heterocycles. The number of aromatic nitrogens is 1. The Morgan fingerprint density at radius 2 is 2.46 bits per heavy atom. The summed E-state index contributed by atoms with van der Waals surface area (Å²) >= 11 is 0. The number of amides is 1. The van der Waals surface area contributed by atoms with E-state index < -0.39 is 11.7 Å². The first-order chi connectivity index (χ1) is 6.24. The third kappa shape index (κ3) is 2.79. The molecule has 5 heteroatoms. The maximum Gasteiger partial charge on any atom is 0.293 e. The third-order valence-corrected chi connectivity index (χ3v) is 1.27. The lowest BCUT2D eigenvalue weighted by Crippen LogP contribution is -2.24. The monoisotopic (exact) mass is 184 g/mol. The molecule has 1 aromatic heterocycles. The molecule has 1 rings (SSSR count). The summed E-state index contributed by atoms with van der Waals surface area (Å²) < 4.78 is 12.4. The second kappa shape index (κ2) is 4.51. The van der Waals surface area contributed by atoms with E-state index in [0.29, 0.717) is 6.61 Å². The predicted octanol–water partition coefficient (Wildman–Crippen LogP) is 0.902. The van der Waals surface area contributed by atoms with Crippen LogP contribution in [0.2, 0.25) is 0 Å². The zero-order valence-electron chi connectivity index (χ0n) is 7.08. The molecule has 0 aliphatic rings. The number of rotatable bonds is 3. The molecular weight excluding hydrogens is 175 g/mol. The number of nitrogens with one attached hydrogen (secondary N) is 1. The molecule has 13 heavy (non-hydrogen) atoms. The average Bonchev–Trinajstić information content (AvgIpc) is 2.15. The van der Waals surface area contributed by atoms with E-state index in [1.165, 1.54) is 6.07 Å². The summed E-state index contributed by atoms with van der Waals surface area (Å²) in [5.41, 5.74) is 2.26. The minimum absolute atomic E-state index is 0.120. The van der Waals surface area contributed by atoms with Crippen LogP contribution in [0, 0.1) is 5.82 Å². The van der Waals surface area contributed by atoms with Crippen molar-refractivity contribution >= 4 is 5.91 Å². The van der Waals surface area contributed by atoms with Crippen molar-refractivity contribution in [3.8, 4) is 0 Å². The van der Waals surface area contributed by atoms with Crippen LogP contribution in [0.3, 0.4) is 0 Å². The summed E-state index contributed by atoms with van der Waals surface area (Å²) in [6, 6.07) is 2.44. The Kier molecular flexibility index (Phi) is 3.33. The van der Waals surface area contributed by atoms with Gasteiger partial charge in [-0.25, -0.2) is 14.9 Å². The summed E-state index contributed by atoms with van der Waals surface area (Å²) in [7, 11) is 0. The van der Waals surface area contributed by atoms with Crippen LogP contribution in [0.4, 0.5) is 4.39 Å². The molecule has 0 unspecified atom stereocenters. The molecule has 0 radical (unpaired) electrons. The van der Waals surface area contributed by atoms with Gasteiger partial charge >= 0.3 is 0 Å². The van der Waals surface area contributed by atoms with Crippen molar-refractivity contribution in [2.45, 2.75) is 6.92 Å². The Bertz CT molecular complexity index is 287. The van der Waals surface area contributed by atoms with Crippen molar-refractivity contribution in [3.05, 3.63) is 29.8 Å². The van der Waals surface area contributed by atoms with Gasteiger partial charge in [-0.15, -0.1) is 0 Å². The molecule has 0 aromatic carbocycles. The number of hydrogen-bond donors (Lipinski definition) is 1. The Hall–Kier alpha value is -1.49. The van der Waals surface area contributed by atoms with Crippen LogP contribution in [0.1, 0.15) is 17.4 Å². The number of carbonyl (C=O) groups is 1. The lowest BCUT2D eigenvalue weighted by atomic mass is 10.3. The number of hydrogen-bond acceptors (Lipinski definition) is 3. The van der Waals surface area contributed by atoms with Crippen LogP contribution in [-0.2, 0) is 4.84 Å². The average molecular weight is 184 g/mol. The maximum atomic E-state index is 12.4. The fourth-order valence-electron chi connectivity index (χ4n) is 0.700. The van der Waals surface area contributed by atoms with E-state index in [0.717, 1.165) is 12.3 Å². The fourth-order valence-corrected chi connectivity index (χ4v) is 0.700. The maximum absolute atomic E-state index is 12.4. The second-order valence-electron chi connectivity index (χ2n) is 2.23. The highest BCUT2D eigenvalue weighted by Gasteiger charge is 2.05. The second-order valence-corrected chi connectivity index (χ2v) is 2.23. The van der Waals surface area contributed by atoms with Gasteiger partial charge in [0.05, 0.1) is 12.8 Å². The molecular formula is C8H9FN2O2. The lowest BCUT2D eigenvalue weighted by molar-refractivity contribution is 0.0360. The molecule has 1 amide bonds. The summed E-state index contributed by atoms with van der Waals surface area (Å²) in [5, 5.41) is 0. The van der Waals surface area contributed by atoms with Crippen molar-refractivity contribution in [2.75, 3.05) is 6.61 Å². The molecule has 0 saturated heterocycles. The molecule has 1 aromatic rings. The molecule has 0 fully saturated rings. The van der Waals surface area contributed by atoms with Gasteiger partial charge < -0.3 is 0 Å². The van der Waals surface area contributed by atoms with E-state index in [-0.39, 0.29) is 5.69 Å². The quantitative estimate of drug-likeness (QED) is 0.710. The van der Waals surface area contributed by atoms with Crippen molar-refractivity contribution in [1.29, 1.82) is 0 Å². The number of hydroxylamine groups is 1. The molecule has 0 saturated carbocycles. The normalized spacial score (nSPS) is 9.69. The number of nitrogens with zero attached hydrogens (tertiary/aromatic N) is 1. The first-order valence-electron chi connectivity index (χ1n) is 3.77. The van der Waals surface area contributed by atoms with Crippen LogP contribution in [0.15, 0.2) is 18.3 Å². The summed E-state index contributed by atoms with van der Waals surface area (Å²) in [6.07, 6.45) is 0.973. The van der Waals surface area contributed by atoms with E-state index >= 15 is 0 Å². The Balaban J connectivity index is 2.61. The standard InChI is InChI=1S/C8H9FN2O2/c1-2-13-11-8(12)7-4-3-6(9)5-10-7/h3-5H,2H2,1H3,(H,11,12). The van der Waals surface area contributed by atoms with Gasteiger partial charge in [0.2, 0.25) is 0 Å². The molecule has 0 aliphatic carbocycles. The van der Waals surface area contributed by atoms with Gasteiger partial charge in [-0.2, -0.15) is 0 Å². The van der Waals surface area contributed by atoms with Crippen molar-refractivity contribution < 1.29 is 14.0 Å². The van der Waals surface area contributed by atoms with Crippen LogP contribution in [0.5, 0.6) is 0 Å². The lowest BCUT2D eigenvalue weighted by Gasteiger charge is -2.01. The van der Waals surface area contributed by atoms with E-state index in [4.69, 9.17) is 0 Å². The van der Waals surface area contributed by atoms with Gasteiger partial charge in [0.1, 0.15) is 11.5 Å². The van der Waals surface area contributed by atoms with Gasteiger partial charge in [-0.05, 0) is 19.1 Å². The van der Waals surface area contributed by atoms with Crippen LogP contribution in [-0.4, -0.2) is 17.5 Å². The molecule has 0 spiro atoms. The number of carbonyl (C=O) groups excluding carboxylic acids is 1. The van der Waals surface area contributed by atoms with Gasteiger partial charge in [-0.3, -0.25) is 9.63 Å². The van der Waals surface area contributed by atoms with Gasteiger partial charge in [0.15, 0.2) is 0 Å². The van der Waals surface area contributed by atoms with Gasteiger partial charge in [0, 0.05) is 0 Å². The van der Waals surface area contributed by atoms with Crippen LogP contribution < -0.4 is 5.48 Å². The molecule has 1 N–H and O–H groups in total. The number of halogens is 1. The fraction of sp³-hybridized carbons (Fsp3) is 0.250. The van der Waals surface area contributed by atoms with E-state index in [1.807, 2.05) is 0 Å². The zero-order chi connectivity index (χ0) is 9.68. The Morgan fingerprint density at radius 1 is 1.69 bits per heavy atom. The molecule has 70 valence electrons. The first kappa shape index (κ1) is 9.60. The minimum Gasteiger partial charge on any atom is -0.274 e. The van der Waals surface area contributed by atoms with Crippen LogP contribution in [0.25, 0.3) is 0 Å². The molecule has 4 nitrogen and oxygen atoms in total. The summed E-state index contributed by atoms with van der Waals surface area (Å²) in [5.74, 6) is -0.963. The van der Waals surface area contributed by atoms with Gasteiger partial charge in [0.25, 0.3) is 5.91 Å². The first-order valence-corrected chi connectivity index (χ1v) is 3.77. The molecule has 0 aliphatic heterocycles. The van der Waals surface area contributed by atoms with E-state index in [2.05, 4.69) is 15.3 Å². The highest BCUT2D eigenvalue weighted by Crippen LogP contribution is 1.97. The summed E-state index contributed by atoms with van der Waals surface area (Å²) in [6.45, 7) is 2.10. The molecule has 0 atom stereocenters.